The fourth-order valence-corrected chi connectivity index (χ4v) is 3.60. The molecule has 1 fully saturated rings. The van der Waals surface area contributed by atoms with Crippen LogP contribution in [-0.4, -0.2) is 38.8 Å². The van der Waals surface area contributed by atoms with E-state index in [-0.39, 0.29) is 0 Å². The van der Waals surface area contributed by atoms with Crippen molar-refractivity contribution in [2.24, 2.45) is 5.92 Å². The van der Waals surface area contributed by atoms with Crippen molar-refractivity contribution in [3.8, 4) is 11.3 Å². The molecule has 1 unspecified atom stereocenters. The Morgan fingerprint density at radius 1 is 1.12 bits per heavy atom. The van der Waals surface area contributed by atoms with Crippen molar-refractivity contribution >= 4 is 22.7 Å². The lowest BCUT2D eigenvalue weighted by molar-refractivity contribution is 0.0588. The molecular formula is C25H30N4O3. The largest absolute Gasteiger partial charge is 0.443 e. The number of hydrogen-bond donors (Lipinski definition) is 1. The summed E-state index contributed by atoms with van der Waals surface area (Å²) in [6.45, 7) is 7.49. The van der Waals surface area contributed by atoms with Gasteiger partial charge in [0.25, 0.3) is 0 Å². The molecule has 3 aromatic heterocycles. The second-order valence-corrected chi connectivity index (χ2v) is 9.62. The quantitative estimate of drug-likeness (QED) is 0.593. The summed E-state index contributed by atoms with van der Waals surface area (Å²) in [7, 11) is 1.64. The Morgan fingerprint density at radius 2 is 1.81 bits per heavy atom. The number of aliphatic hydroxyl groups is 1. The molecule has 7 heteroatoms. The fourth-order valence-electron chi connectivity index (χ4n) is 3.60. The Morgan fingerprint density at radius 3 is 2.47 bits per heavy atom. The number of amides is 1. The lowest BCUT2D eigenvalue weighted by Gasteiger charge is -2.24. The first kappa shape index (κ1) is 22.1. The molecule has 1 N–H and O–H groups in total. The normalized spacial score (nSPS) is 14.9. The standard InChI is InChI=1S/C25H30N4O3/c1-15-8-21(22(30)9-16-6-7-16)27-14-19(15)20-10-17-13-28-23(11-18(17)12-26-20)29(5)24(31)32-25(2,3)4/h8,10-14,16,22,30H,6-7,9H2,1-5H3. The molecule has 3 aromatic rings. The summed E-state index contributed by atoms with van der Waals surface area (Å²) in [4.78, 5) is 27.3. The molecule has 0 saturated heterocycles. The van der Waals surface area contributed by atoms with Crippen molar-refractivity contribution in [1.29, 1.82) is 0 Å². The minimum absolute atomic E-state index is 0.459. The van der Waals surface area contributed by atoms with Crippen molar-refractivity contribution in [1.82, 2.24) is 15.0 Å². The number of aliphatic hydroxyl groups excluding tert-OH is 1. The number of hydrogen-bond acceptors (Lipinski definition) is 6. The molecule has 0 aromatic carbocycles. The Kier molecular flexibility index (Phi) is 5.86. The van der Waals surface area contributed by atoms with E-state index in [1.165, 1.54) is 17.7 Å². The first-order valence-electron chi connectivity index (χ1n) is 11.0. The number of carbonyl (C=O) groups excluding carboxylic acids is 1. The maximum atomic E-state index is 12.3. The molecule has 168 valence electrons. The van der Waals surface area contributed by atoms with Crippen molar-refractivity contribution < 1.29 is 14.6 Å². The van der Waals surface area contributed by atoms with Crippen LogP contribution < -0.4 is 4.90 Å². The Balaban J connectivity index is 1.56. The molecule has 0 spiro atoms. The molecule has 3 heterocycles. The smallest absolute Gasteiger partial charge is 0.415 e. The maximum Gasteiger partial charge on any atom is 0.415 e. The minimum Gasteiger partial charge on any atom is -0.443 e. The predicted octanol–water partition coefficient (Wildman–Crippen LogP) is 5.21. The molecule has 1 aliphatic carbocycles. The number of aromatic nitrogens is 3. The van der Waals surface area contributed by atoms with E-state index in [0.29, 0.717) is 11.7 Å². The summed E-state index contributed by atoms with van der Waals surface area (Å²) < 4.78 is 5.41. The summed E-state index contributed by atoms with van der Waals surface area (Å²) in [5.74, 6) is 1.13. The van der Waals surface area contributed by atoms with Crippen LogP contribution in [0.5, 0.6) is 0 Å². The van der Waals surface area contributed by atoms with Gasteiger partial charge in [-0.1, -0.05) is 12.8 Å². The average molecular weight is 435 g/mol. The Hall–Kier alpha value is -3.06. The van der Waals surface area contributed by atoms with E-state index in [1.807, 2.05) is 45.9 Å². The molecule has 32 heavy (non-hydrogen) atoms. The lowest BCUT2D eigenvalue weighted by atomic mass is 10.0. The number of pyridine rings is 3. The maximum absolute atomic E-state index is 12.3. The van der Waals surface area contributed by atoms with Crippen LogP contribution in [0.2, 0.25) is 0 Å². The molecule has 1 atom stereocenters. The van der Waals surface area contributed by atoms with Gasteiger partial charge in [0.05, 0.1) is 17.5 Å². The van der Waals surface area contributed by atoms with E-state index >= 15 is 0 Å². The monoisotopic (exact) mass is 434 g/mol. The molecule has 1 amide bonds. The SMILES string of the molecule is Cc1cc(C(O)CC2CC2)ncc1-c1cc2cnc(N(C)C(=O)OC(C)(C)C)cc2cn1. The van der Waals surface area contributed by atoms with Crippen molar-refractivity contribution in [3.63, 3.8) is 0 Å². The van der Waals surface area contributed by atoms with E-state index in [2.05, 4.69) is 15.0 Å². The number of aryl methyl sites for hydroxylation is 1. The van der Waals surface area contributed by atoms with E-state index in [9.17, 15) is 9.90 Å². The third-order valence-electron chi connectivity index (χ3n) is 5.60. The van der Waals surface area contributed by atoms with Gasteiger partial charge in [0.1, 0.15) is 11.4 Å². The summed E-state index contributed by atoms with van der Waals surface area (Å²) in [6, 6.07) is 5.73. The van der Waals surface area contributed by atoms with E-state index in [4.69, 9.17) is 4.74 Å². The lowest BCUT2D eigenvalue weighted by Crippen LogP contribution is -2.34. The predicted molar refractivity (Wildman–Crippen MR) is 124 cm³/mol. The molecule has 1 aliphatic rings. The van der Waals surface area contributed by atoms with Gasteiger partial charge in [-0.15, -0.1) is 0 Å². The van der Waals surface area contributed by atoms with Crippen LogP contribution in [0.1, 0.15) is 57.4 Å². The van der Waals surface area contributed by atoms with Gasteiger partial charge < -0.3 is 9.84 Å². The summed E-state index contributed by atoms with van der Waals surface area (Å²) >= 11 is 0. The van der Waals surface area contributed by atoms with E-state index < -0.39 is 17.8 Å². The first-order chi connectivity index (χ1) is 15.1. The molecular weight excluding hydrogens is 404 g/mol. The van der Waals surface area contributed by atoms with Crippen LogP contribution in [0.4, 0.5) is 10.6 Å². The van der Waals surface area contributed by atoms with Gasteiger partial charge in [0.2, 0.25) is 0 Å². The number of nitrogens with zero attached hydrogens (tertiary/aromatic N) is 4. The Bertz CT molecular complexity index is 1150. The van der Waals surface area contributed by atoms with Crippen molar-refractivity contribution in [2.45, 2.75) is 58.7 Å². The van der Waals surface area contributed by atoms with Crippen molar-refractivity contribution in [2.75, 3.05) is 11.9 Å². The van der Waals surface area contributed by atoms with Gasteiger partial charge in [-0.05, 0) is 63.8 Å². The Labute approximate surface area is 188 Å². The van der Waals surface area contributed by atoms with Crippen LogP contribution in [0.25, 0.3) is 22.0 Å². The van der Waals surface area contributed by atoms with E-state index in [1.54, 1.807) is 25.6 Å². The van der Waals surface area contributed by atoms with Crippen LogP contribution in [0.15, 0.2) is 36.8 Å². The number of ether oxygens (including phenoxy) is 1. The zero-order valence-electron chi connectivity index (χ0n) is 19.3. The van der Waals surface area contributed by atoms with Crippen LogP contribution in [0.3, 0.4) is 0 Å². The highest BCUT2D eigenvalue weighted by Crippen LogP contribution is 2.37. The molecule has 0 bridgehead atoms. The van der Waals surface area contributed by atoms with Crippen LogP contribution >= 0.6 is 0 Å². The highest BCUT2D eigenvalue weighted by molar-refractivity contribution is 5.91. The zero-order chi connectivity index (χ0) is 23.0. The van der Waals surface area contributed by atoms with Gasteiger partial charge in [0, 0.05) is 42.0 Å². The van der Waals surface area contributed by atoms with Crippen LogP contribution in [-0.2, 0) is 4.74 Å². The average Bonchev–Trinajstić information content (AvgIpc) is 3.55. The summed E-state index contributed by atoms with van der Waals surface area (Å²) in [5, 5.41) is 12.2. The number of carbonyl (C=O) groups is 1. The highest BCUT2D eigenvalue weighted by Gasteiger charge is 2.26. The summed E-state index contributed by atoms with van der Waals surface area (Å²) in [6.07, 6.45) is 7.51. The van der Waals surface area contributed by atoms with Crippen LogP contribution in [0, 0.1) is 12.8 Å². The molecule has 7 nitrogen and oxygen atoms in total. The fraction of sp³-hybridized carbons (Fsp3) is 0.440. The van der Waals surface area contributed by atoms with Gasteiger partial charge in [-0.3, -0.25) is 14.9 Å². The van der Waals surface area contributed by atoms with Gasteiger partial charge in [-0.25, -0.2) is 9.78 Å². The molecule has 4 rings (SSSR count). The van der Waals surface area contributed by atoms with Gasteiger partial charge in [-0.2, -0.15) is 0 Å². The number of anilines is 1. The molecule has 1 saturated carbocycles. The third kappa shape index (κ3) is 5.05. The second kappa shape index (κ2) is 8.47. The second-order valence-electron chi connectivity index (χ2n) is 9.62. The highest BCUT2D eigenvalue weighted by atomic mass is 16.6. The first-order valence-corrected chi connectivity index (χ1v) is 11.0. The minimum atomic E-state index is -0.575. The topological polar surface area (TPSA) is 88.4 Å². The van der Waals surface area contributed by atoms with E-state index in [0.717, 1.165) is 39.7 Å². The van der Waals surface area contributed by atoms with Crippen molar-refractivity contribution in [3.05, 3.63) is 48.0 Å². The molecule has 0 aliphatic heterocycles. The number of fused-ring (bicyclic) bond motifs is 1. The van der Waals surface area contributed by atoms with Gasteiger partial charge in [0.15, 0.2) is 0 Å². The number of rotatable bonds is 5. The van der Waals surface area contributed by atoms with Gasteiger partial charge >= 0.3 is 6.09 Å². The molecule has 0 radical (unpaired) electrons. The summed E-state index contributed by atoms with van der Waals surface area (Å²) in [5.41, 5.74) is 2.87. The third-order valence-corrected chi connectivity index (χ3v) is 5.60. The zero-order valence-corrected chi connectivity index (χ0v) is 19.3.